The van der Waals surface area contributed by atoms with E-state index in [1.54, 1.807) is 22.3 Å². The quantitative estimate of drug-likeness (QED) is 0.625. The van der Waals surface area contributed by atoms with Gasteiger partial charge in [-0.2, -0.15) is 0 Å². The SMILES string of the molecule is c1ccc2c(c1)CCCCCCCc1ccccc1CCCNCCC2. The summed E-state index contributed by atoms with van der Waals surface area (Å²) in [6, 6.07) is 18.2. The van der Waals surface area contributed by atoms with Gasteiger partial charge in [-0.15, -0.1) is 0 Å². The van der Waals surface area contributed by atoms with Crippen molar-refractivity contribution in [3.63, 3.8) is 0 Å². The van der Waals surface area contributed by atoms with Crippen LogP contribution in [0.25, 0.3) is 0 Å². The predicted molar refractivity (Wildman–Crippen MR) is 113 cm³/mol. The maximum Gasteiger partial charge on any atom is -0.00457 e. The lowest BCUT2D eigenvalue weighted by molar-refractivity contribution is 0.600. The van der Waals surface area contributed by atoms with Crippen molar-refractivity contribution in [1.29, 1.82) is 0 Å². The summed E-state index contributed by atoms with van der Waals surface area (Å²) in [7, 11) is 0. The smallest absolute Gasteiger partial charge is 0.00457 e. The first-order chi connectivity index (χ1) is 12.9. The molecule has 26 heavy (non-hydrogen) atoms. The molecule has 0 radical (unpaired) electrons. The second kappa shape index (κ2) is 11.2. The molecule has 0 atom stereocenters. The minimum Gasteiger partial charge on any atom is -0.317 e. The number of hydrogen-bond donors (Lipinski definition) is 1. The van der Waals surface area contributed by atoms with Gasteiger partial charge in [0.15, 0.2) is 0 Å². The van der Waals surface area contributed by atoms with E-state index >= 15 is 0 Å². The zero-order chi connectivity index (χ0) is 17.9. The molecule has 2 aromatic rings. The zero-order valence-corrected chi connectivity index (χ0v) is 16.3. The third kappa shape index (κ3) is 6.29. The predicted octanol–water partition coefficient (Wildman–Crippen LogP) is 5.89. The molecular weight excluding hydrogens is 314 g/mol. The Hall–Kier alpha value is -1.60. The highest BCUT2D eigenvalue weighted by atomic mass is 14.8. The van der Waals surface area contributed by atoms with E-state index in [1.165, 1.54) is 70.6 Å². The molecule has 1 heterocycles. The molecule has 140 valence electrons. The molecule has 1 heteroatoms. The Morgan fingerprint density at radius 1 is 0.423 bits per heavy atom. The molecule has 1 aliphatic heterocycles. The molecule has 0 aromatic heterocycles. The average Bonchev–Trinajstić information content (AvgIpc) is 2.68. The normalized spacial score (nSPS) is 18.2. The van der Waals surface area contributed by atoms with Crippen LogP contribution >= 0.6 is 0 Å². The topological polar surface area (TPSA) is 12.0 Å². The van der Waals surface area contributed by atoms with Crippen LogP contribution < -0.4 is 5.32 Å². The van der Waals surface area contributed by atoms with E-state index in [1.807, 2.05) is 0 Å². The number of nitrogens with one attached hydrogen (secondary N) is 1. The summed E-state index contributed by atoms with van der Waals surface area (Å²) < 4.78 is 0. The number of benzene rings is 2. The summed E-state index contributed by atoms with van der Waals surface area (Å²) in [5.41, 5.74) is 6.32. The van der Waals surface area contributed by atoms with Crippen molar-refractivity contribution >= 4 is 0 Å². The molecular formula is C25H35N. The molecule has 1 aliphatic rings. The van der Waals surface area contributed by atoms with Gasteiger partial charge < -0.3 is 5.32 Å². The van der Waals surface area contributed by atoms with Gasteiger partial charge in [0.25, 0.3) is 0 Å². The summed E-state index contributed by atoms with van der Waals surface area (Å²) in [5.74, 6) is 0. The summed E-state index contributed by atoms with van der Waals surface area (Å²) >= 11 is 0. The molecule has 1 N–H and O–H groups in total. The minimum atomic E-state index is 1.13. The van der Waals surface area contributed by atoms with Gasteiger partial charge in [-0.05, 0) is 86.7 Å². The number of rotatable bonds is 0. The van der Waals surface area contributed by atoms with Gasteiger partial charge in [0.1, 0.15) is 0 Å². The lowest BCUT2D eigenvalue weighted by Crippen LogP contribution is -2.18. The van der Waals surface area contributed by atoms with Gasteiger partial charge in [-0.25, -0.2) is 0 Å². The van der Waals surface area contributed by atoms with Crippen molar-refractivity contribution in [3.8, 4) is 0 Å². The monoisotopic (exact) mass is 349 g/mol. The Morgan fingerprint density at radius 3 is 1.19 bits per heavy atom. The van der Waals surface area contributed by atoms with Crippen LogP contribution in [0.5, 0.6) is 0 Å². The standard InChI is InChI=1S/C25H35N/c1-2-4-12-22-14-6-8-16-24(22)18-10-20-26-21-11-19-25-17-9-7-15-23(25)13-5-3-1/h6-9,14-17,26H,1-5,10-13,18-21H2. The van der Waals surface area contributed by atoms with Crippen LogP contribution in [0.3, 0.4) is 0 Å². The first-order valence-electron chi connectivity index (χ1n) is 10.8. The van der Waals surface area contributed by atoms with E-state index in [0.717, 1.165) is 13.1 Å². The van der Waals surface area contributed by atoms with Crippen molar-refractivity contribution in [3.05, 3.63) is 70.8 Å². The fraction of sp³-hybridized carbons (Fsp3) is 0.520. The second-order valence-electron chi connectivity index (χ2n) is 7.76. The molecule has 1 nitrogen and oxygen atoms in total. The highest BCUT2D eigenvalue weighted by Crippen LogP contribution is 2.18. The Kier molecular flexibility index (Phi) is 8.25. The maximum atomic E-state index is 3.65. The van der Waals surface area contributed by atoms with Crippen molar-refractivity contribution in [1.82, 2.24) is 5.32 Å². The van der Waals surface area contributed by atoms with Crippen LogP contribution in [0.15, 0.2) is 48.5 Å². The number of fused-ring (bicyclic) bond motifs is 2. The lowest BCUT2D eigenvalue weighted by atomic mass is 9.96. The van der Waals surface area contributed by atoms with Crippen LogP contribution in [-0.4, -0.2) is 13.1 Å². The fourth-order valence-corrected chi connectivity index (χ4v) is 4.18. The van der Waals surface area contributed by atoms with E-state index < -0.39 is 0 Å². The summed E-state index contributed by atoms with van der Waals surface area (Å²) in [4.78, 5) is 0. The molecule has 0 fully saturated rings. The molecule has 3 rings (SSSR count). The molecule has 0 saturated heterocycles. The molecule has 0 spiro atoms. The van der Waals surface area contributed by atoms with Crippen LogP contribution in [0.2, 0.25) is 0 Å². The second-order valence-corrected chi connectivity index (χ2v) is 7.76. The van der Waals surface area contributed by atoms with Gasteiger partial charge in [0, 0.05) is 0 Å². The maximum absolute atomic E-state index is 3.65. The van der Waals surface area contributed by atoms with Crippen molar-refractivity contribution in [2.24, 2.45) is 0 Å². The molecule has 0 aliphatic carbocycles. The summed E-state index contributed by atoms with van der Waals surface area (Å²) in [6.07, 6.45) is 14.2. The first-order valence-corrected chi connectivity index (χ1v) is 10.8. The third-order valence-electron chi connectivity index (χ3n) is 5.73. The summed E-state index contributed by atoms with van der Waals surface area (Å²) in [6.45, 7) is 2.27. The van der Waals surface area contributed by atoms with Crippen LogP contribution in [0.1, 0.15) is 67.2 Å². The van der Waals surface area contributed by atoms with Gasteiger partial charge in [-0.1, -0.05) is 67.8 Å². The van der Waals surface area contributed by atoms with Gasteiger partial charge >= 0.3 is 0 Å². The largest absolute Gasteiger partial charge is 0.317 e. The zero-order valence-electron chi connectivity index (χ0n) is 16.3. The Morgan fingerprint density at radius 2 is 0.769 bits per heavy atom. The Labute approximate surface area is 160 Å². The lowest BCUT2D eigenvalue weighted by Gasteiger charge is -2.12. The van der Waals surface area contributed by atoms with Crippen LogP contribution in [-0.2, 0) is 25.7 Å². The molecule has 0 bridgehead atoms. The van der Waals surface area contributed by atoms with E-state index in [0.29, 0.717) is 0 Å². The van der Waals surface area contributed by atoms with E-state index in [4.69, 9.17) is 0 Å². The number of aryl methyl sites for hydroxylation is 4. The molecule has 2 aromatic carbocycles. The molecule has 0 saturated carbocycles. The highest BCUT2D eigenvalue weighted by molar-refractivity contribution is 5.28. The van der Waals surface area contributed by atoms with Gasteiger partial charge in [-0.3, -0.25) is 0 Å². The van der Waals surface area contributed by atoms with Crippen LogP contribution in [0.4, 0.5) is 0 Å². The first kappa shape index (κ1) is 19.2. The van der Waals surface area contributed by atoms with Crippen molar-refractivity contribution in [2.75, 3.05) is 13.1 Å². The van der Waals surface area contributed by atoms with E-state index in [9.17, 15) is 0 Å². The minimum absolute atomic E-state index is 1.13. The third-order valence-corrected chi connectivity index (χ3v) is 5.73. The van der Waals surface area contributed by atoms with E-state index in [2.05, 4.69) is 53.8 Å². The van der Waals surface area contributed by atoms with Crippen molar-refractivity contribution in [2.45, 2.75) is 70.6 Å². The van der Waals surface area contributed by atoms with E-state index in [-0.39, 0.29) is 0 Å². The van der Waals surface area contributed by atoms with Gasteiger partial charge in [0.2, 0.25) is 0 Å². The highest BCUT2D eigenvalue weighted by Gasteiger charge is 2.04. The van der Waals surface area contributed by atoms with Crippen molar-refractivity contribution < 1.29 is 0 Å². The Bertz CT molecular complexity index is 535. The molecule has 0 unspecified atom stereocenters. The fourth-order valence-electron chi connectivity index (χ4n) is 4.18. The molecule has 0 amide bonds. The Balaban J connectivity index is 1.56. The number of hydrogen-bond acceptors (Lipinski definition) is 1. The average molecular weight is 350 g/mol. The van der Waals surface area contributed by atoms with Crippen LogP contribution in [0, 0.1) is 0 Å². The van der Waals surface area contributed by atoms with Gasteiger partial charge in [0.05, 0.1) is 0 Å². The summed E-state index contributed by atoms with van der Waals surface area (Å²) in [5, 5.41) is 3.65.